The Balaban J connectivity index is 1.36. The van der Waals surface area contributed by atoms with Crippen LogP contribution in [0.25, 0.3) is 11.4 Å². The molecule has 0 N–H and O–H groups in total. The Hall–Kier alpha value is -2.74. The quantitative estimate of drug-likeness (QED) is 0.0894. The first-order valence-electron chi connectivity index (χ1n) is 17.1. The molecule has 1 saturated carbocycles. The van der Waals surface area contributed by atoms with Crippen molar-refractivity contribution in [2.75, 3.05) is 0 Å². The van der Waals surface area contributed by atoms with E-state index in [1.165, 1.54) is 95.5 Å². The van der Waals surface area contributed by atoms with Crippen LogP contribution in [0.1, 0.15) is 148 Å². The molecular weight excluding hydrogens is 518 g/mol. The Morgan fingerprint density at radius 1 is 0.810 bits per heavy atom. The van der Waals surface area contributed by atoms with Crippen molar-refractivity contribution < 1.29 is 9.53 Å². The fraction of sp³-hybridized carbons (Fsp3) is 0.676. The number of benzene rings is 1. The molecule has 1 aliphatic carbocycles. The summed E-state index contributed by atoms with van der Waals surface area (Å²) >= 11 is 0. The molecule has 2 aromatic rings. The fourth-order valence-electron chi connectivity index (χ4n) is 6.21. The summed E-state index contributed by atoms with van der Waals surface area (Å²) in [6.45, 7) is 4.50. The fourth-order valence-corrected chi connectivity index (χ4v) is 6.21. The lowest BCUT2D eigenvalue weighted by atomic mass is 9.69. The second-order valence-electron chi connectivity index (χ2n) is 12.6. The summed E-state index contributed by atoms with van der Waals surface area (Å²) in [7, 11) is 0. The van der Waals surface area contributed by atoms with E-state index in [0.29, 0.717) is 11.6 Å². The van der Waals surface area contributed by atoms with Crippen LogP contribution in [0.15, 0.2) is 36.7 Å². The van der Waals surface area contributed by atoms with Crippen LogP contribution in [-0.2, 0) is 11.2 Å². The van der Waals surface area contributed by atoms with Gasteiger partial charge in [-0.05, 0) is 74.8 Å². The molecule has 230 valence electrons. The van der Waals surface area contributed by atoms with Crippen LogP contribution in [0.5, 0.6) is 5.75 Å². The van der Waals surface area contributed by atoms with Crippen molar-refractivity contribution in [3.05, 3.63) is 42.2 Å². The van der Waals surface area contributed by atoms with Gasteiger partial charge in [-0.15, -0.1) is 0 Å². The molecule has 1 aromatic heterocycles. The van der Waals surface area contributed by atoms with E-state index in [4.69, 9.17) is 4.74 Å². The van der Waals surface area contributed by atoms with E-state index in [2.05, 4.69) is 29.9 Å². The van der Waals surface area contributed by atoms with Crippen LogP contribution in [-0.4, -0.2) is 15.9 Å². The van der Waals surface area contributed by atoms with Crippen molar-refractivity contribution in [1.82, 2.24) is 9.97 Å². The molecule has 0 aliphatic heterocycles. The number of carbonyl (C=O) groups excluding carboxylic acids is 1. The van der Waals surface area contributed by atoms with Crippen molar-refractivity contribution in [2.24, 2.45) is 11.3 Å². The van der Waals surface area contributed by atoms with Crippen LogP contribution in [0.4, 0.5) is 0 Å². The van der Waals surface area contributed by atoms with Gasteiger partial charge in [0.1, 0.15) is 5.75 Å². The molecule has 1 aliphatic rings. The van der Waals surface area contributed by atoms with Gasteiger partial charge < -0.3 is 4.74 Å². The van der Waals surface area contributed by atoms with Crippen molar-refractivity contribution in [1.29, 1.82) is 5.26 Å². The number of hydrogen-bond acceptors (Lipinski definition) is 5. The molecule has 0 atom stereocenters. The highest BCUT2D eigenvalue weighted by Gasteiger charge is 2.38. The molecule has 1 heterocycles. The van der Waals surface area contributed by atoms with Gasteiger partial charge in [-0.2, -0.15) is 5.26 Å². The van der Waals surface area contributed by atoms with E-state index in [0.717, 1.165) is 50.5 Å². The number of ether oxygens (including phenoxy) is 1. The molecule has 0 spiro atoms. The smallest absolute Gasteiger partial charge is 0.314 e. The Labute approximate surface area is 255 Å². The Kier molecular flexibility index (Phi) is 15.6. The van der Waals surface area contributed by atoms with Gasteiger partial charge in [0, 0.05) is 18.0 Å². The first-order valence-corrected chi connectivity index (χ1v) is 17.1. The minimum atomic E-state index is -0.259. The van der Waals surface area contributed by atoms with Crippen LogP contribution in [0, 0.1) is 22.7 Å². The molecular formula is C37H55N3O2. The number of aromatic nitrogens is 2. The van der Waals surface area contributed by atoms with Crippen LogP contribution < -0.4 is 4.74 Å². The highest BCUT2D eigenvalue weighted by molar-refractivity contribution is 5.75. The largest absolute Gasteiger partial charge is 0.426 e. The molecule has 0 unspecified atom stereocenters. The van der Waals surface area contributed by atoms with Crippen LogP contribution in [0.2, 0.25) is 0 Å². The Bertz CT molecular complexity index is 1050. The van der Waals surface area contributed by atoms with Crippen molar-refractivity contribution in [3.63, 3.8) is 0 Å². The molecule has 0 bridgehead atoms. The van der Waals surface area contributed by atoms with Gasteiger partial charge in [-0.3, -0.25) is 4.79 Å². The number of nitrogens with zero attached hydrogens (tertiary/aromatic N) is 3. The predicted octanol–water partition coefficient (Wildman–Crippen LogP) is 10.6. The summed E-state index contributed by atoms with van der Waals surface area (Å²) in [4.78, 5) is 22.1. The van der Waals surface area contributed by atoms with Crippen LogP contribution in [0.3, 0.4) is 0 Å². The topological polar surface area (TPSA) is 75.9 Å². The van der Waals surface area contributed by atoms with E-state index in [1.54, 1.807) is 0 Å². The van der Waals surface area contributed by atoms with E-state index in [1.807, 2.05) is 36.7 Å². The summed E-state index contributed by atoms with van der Waals surface area (Å²) in [6, 6.07) is 10.1. The molecule has 1 aromatic carbocycles. The highest BCUT2D eigenvalue weighted by atomic mass is 16.5. The summed E-state index contributed by atoms with van der Waals surface area (Å²) in [6.07, 6.45) is 28.3. The number of esters is 1. The van der Waals surface area contributed by atoms with Gasteiger partial charge in [0.2, 0.25) is 0 Å². The number of aryl methyl sites for hydroxylation is 1. The maximum Gasteiger partial charge on any atom is 0.314 e. The van der Waals surface area contributed by atoms with E-state index in [-0.39, 0.29) is 17.3 Å². The van der Waals surface area contributed by atoms with Gasteiger partial charge in [-0.25, -0.2) is 9.97 Å². The van der Waals surface area contributed by atoms with E-state index in [9.17, 15) is 10.1 Å². The average Bonchev–Trinajstić information content (AvgIpc) is 3.03. The first-order chi connectivity index (χ1) is 20.6. The first kappa shape index (κ1) is 33.8. The zero-order valence-electron chi connectivity index (χ0n) is 26.5. The highest BCUT2D eigenvalue weighted by Crippen LogP contribution is 2.43. The lowest BCUT2D eigenvalue weighted by Gasteiger charge is -2.34. The molecule has 0 saturated heterocycles. The van der Waals surface area contributed by atoms with Crippen molar-refractivity contribution in [2.45, 2.75) is 149 Å². The molecule has 0 amide bonds. The van der Waals surface area contributed by atoms with Gasteiger partial charge in [0.15, 0.2) is 5.82 Å². The molecule has 5 nitrogen and oxygen atoms in total. The third-order valence-corrected chi connectivity index (χ3v) is 9.13. The zero-order chi connectivity index (χ0) is 29.9. The van der Waals surface area contributed by atoms with Crippen LogP contribution >= 0.6 is 0 Å². The lowest BCUT2D eigenvalue weighted by molar-refractivity contribution is -0.140. The number of nitriles is 1. The van der Waals surface area contributed by atoms with Gasteiger partial charge in [-0.1, -0.05) is 104 Å². The van der Waals surface area contributed by atoms with E-state index < -0.39 is 0 Å². The van der Waals surface area contributed by atoms with Gasteiger partial charge in [0.05, 0.1) is 17.4 Å². The predicted molar refractivity (Wildman–Crippen MR) is 172 cm³/mol. The van der Waals surface area contributed by atoms with Gasteiger partial charge in [0.25, 0.3) is 0 Å². The zero-order valence-corrected chi connectivity index (χ0v) is 26.5. The summed E-state index contributed by atoms with van der Waals surface area (Å²) < 4.78 is 5.74. The number of unbranched alkanes of at least 4 members (excludes halogenated alkanes) is 13. The standard InChI is InChI=1S/C37H55N3O2/c1-3-5-7-9-11-12-14-16-18-31-28-39-35(40-29-31)32-19-21-34(22-20-32)42-36(41)33-23-26-37(30-38,27-24-33)25-17-15-13-10-8-6-4-2/h19-22,28-29,33H,3-18,23-27H2,1-2H3. The van der Waals surface area contributed by atoms with Crippen molar-refractivity contribution >= 4 is 5.97 Å². The van der Waals surface area contributed by atoms with E-state index >= 15 is 0 Å². The SMILES string of the molecule is CCCCCCCCCCc1cnc(-c2ccc(OC(=O)C3CCC(C#N)(CCCCCCCCC)CC3)cc2)nc1. The minimum absolute atomic E-state index is 0.128. The lowest BCUT2D eigenvalue weighted by Crippen LogP contribution is -2.31. The Morgan fingerprint density at radius 3 is 1.88 bits per heavy atom. The summed E-state index contributed by atoms with van der Waals surface area (Å²) in [5, 5.41) is 9.92. The van der Waals surface area contributed by atoms with Gasteiger partial charge >= 0.3 is 5.97 Å². The second kappa shape index (κ2) is 19.4. The van der Waals surface area contributed by atoms with Crippen molar-refractivity contribution in [3.8, 4) is 23.2 Å². The average molecular weight is 574 g/mol. The Morgan fingerprint density at radius 2 is 1.33 bits per heavy atom. The summed E-state index contributed by atoms with van der Waals surface area (Å²) in [5.74, 6) is 0.938. The molecule has 0 radical (unpaired) electrons. The minimum Gasteiger partial charge on any atom is -0.426 e. The number of carbonyl (C=O) groups is 1. The summed E-state index contributed by atoms with van der Waals surface area (Å²) in [5.41, 5.74) is 1.84. The second-order valence-corrected chi connectivity index (χ2v) is 12.6. The number of rotatable bonds is 20. The number of hydrogen-bond donors (Lipinski definition) is 0. The third kappa shape index (κ3) is 11.9. The molecule has 3 rings (SSSR count). The molecule has 1 fully saturated rings. The monoisotopic (exact) mass is 573 g/mol. The maximum atomic E-state index is 12.9. The maximum absolute atomic E-state index is 12.9. The normalized spacial score (nSPS) is 18.5. The molecule has 42 heavy (non-hydrogen) atoms. The third-order valence-electron chi connectivity index (χ3n) is 9.13. The molecule has 5 heteroatoms.